The van der Waals surface area contributed by atoms with E-state index < -0.39 is 16.0 Å². The van der Waals surface area contributed by atoms with Crippen LogP contribution in [-0.2, 0) is 26.0 Å². The summed E-state index contributed by atoms with van der Waals surface area (Å²) >= 11 is 0. The largest absolute Gasteiger partial charge is 0.452 e. The van der Waals surface area contributed by atoms with Crippen molar-refractivity contribution in [1.82, 2.24) is 5.32 Å². The van der Waals surface area contributed by atoms with E-state index in [1.165, 1.54) is 28.6 Å². The molecule has 0 aromatic heterocycles. The van der Waals surface area contributed by atoms with Crippen molar-refractivity contribution in [3.8, 4) is 0 Å². The lowest BCUT2D eigenvalue weighted by Gasteiger charge is -2.30. The molecule has 1 saturated carbocycles. The number of amides is 1. The summed E-state index contributed by atoms with van der Waals surface area (Å²) < 4.78 is 32.9. The third-order valence-corrected chi connectivity index (χ3v) is 6.81. The molecule has 4 rings (SSSR count). The Hall–Kier alpha value is -2.87. The SMILES string of the molecule is O=C(COC(=O)c1cccc(S(=O)(=O)N2CCCc3ccccc32)c1)NC1CC1. The van der Waals surface area contributed by atoms with Crippen LogP contribution in [0.25, 0.3) is 0 Å². The van der Waals surface area contributed by atoms with E-state index in [1.54, 1.807) is 6.07 Å². The van der Waals surface area contributed by atoms with Crippen molar-refractivity contribution < 1.29 is 22.7 Å². The molecule has 29 heavy (non-hydrogen) atoms. The van der Waals surface area contributed by atoms with E-state index in [1.807, 2.05) is 18.2 Å². The maximum atomic E-state index is 13.2. The number of hydrogen-bond acceptors (Lipinski definition) is 5. The van der Waals surface area contributed by atoms with Gasteiger partial charge in [0.1, 0.15) is 0 Å². The smallest absolute Gasteiger partial charge is 0.338 e. The second kappa shape index (κ2) is 7.87. The molecular weight excluding hydrogens is 392 g/mol. The van der Waals surface area contributed by atoms with Crippen molar-refractivity contribution in [2.75, 3.05) is 17.5 Å². The summed E-state index contributed by atoms with van der Waals surface area (Å²) in [5.41, 5.74) is 1.75. The number of ether oxygens (including phenoxy) is 1. The summed E-state index contributed by atoms with van der Waals surface area (Å²) in [6.45, 7) is 0.00116. The summed E-state index contributed by atoms with van der Waals surface area (Å²) in [4.78, 5) is 24.0. The quantitative estimate of drug-likeness (QED) is 0.732. The maximum absolute atomic E-state index is 13.2. The lowest BCUT2D eigenvalue weighted by atomic mass is 10.0. The first-order chi connectivity index (χ1) is 13.9. The maximum Gasteiger partial charge on any atom is 0.338 e. The van der Waals surface area contributed by atoms with E-state index in [0.29, 0.717) is 12.2 Å². The van der Waals surface area contributed by atoms with Crippen LogP contribution in [0.3, 0.4) is 0 Å². The lowest BCUT2D eigenvalue weighted by molar-refractivity contribution is -0.124. The fourth-order valence-corrected chi connectivity index (χ4v) is 4.96. The van der Waals surface area contributed by atoms with E-state index in [2.05, 4.69) is 5.32 Å². The van der Waals surface area contributed by atoms with Gasteiger partial charge in [0.2, 0.25) is 0 Å². The Balaban J connectivity index is 1.52. The van der Waals surface area contributed by atoms with E-state index in [9.17, 15) is 18.0 Å². The molecule has 1 heterocycles. The molecule has 1 fully saturated rings. The lowest BCUT2D eigenvalue weighted by Crippen LogP contribution is -2.35. The highest BCUT2D eigenvalue weighted by atomic mass is 32.2. The van der Waals surface area contributed by atoms with Crippen molar-refractivity contribution in [2.24, 2.45) is 0 Å². The van der Waals surface area contributed by atoms with Gasteiger partial charge in [-0.1, -0.05) is 24.3 Å². The van der Waals surface area contributed by atoms with Crippen LogP contribution in [0, 0.1) is 0 Å². The molecule has 2 aromatic carbocycles. The number of esters is 1. The van der Waals surface area contributed by atoms with Crippen LogP contribution in [0.4, 0.5) is 5.69 Å². The van der Waals surface area contributed by atoms with Crippen LogP contribution in [-0.4, -0.2) is 39.5 Å². The Labute approximate surface area is 169 Å². The van der Waals surface area contributed by atoms with Gasteiger partial charge in [0, 0.05) is 12.6 Å². The summed E-state index contributed by atoms with van der Waals surface area (Å²) in [5.74, 6) is -1.08. The highest BCUT2D eigenvalue weighted by Gasteiger charge is 2.29. The molecule has 1 N–H and O–H groups in total. The number of anilines is 1. The van der Waals surface area contributed by atoms with Crippen molar-refractivity contribution in [1.29, 1.82) is 0 Å². The number of carbonyl (C=O) groups is 2. The minimum absolute atomic E-state index is 0.0195. The number of para-hydroxylation sites is 1. The van der Waals surface area contributed by atoms with Crippen LogP contribution in [0.1, 0.15) is 35.2 Å². The van der Waals surface area contributed by atoms with Gasteiger partial charge in [0.15, 0.2) is 6.61 Å². The first kappa shape index (κ1) is 19.4. The predicted octanol–water partition coefficient (Wildman–Crippen LogP) is 2.26. The Kier molecular flexibility index (Phi) is 5.27. The molecular formula is C21H22N2O5S. The van der Waals surface area contributed by atoms with Crippen LogP contribution in [0.15, 0.2) is 53.4 Å². The van der Waals surface area contributed by atoms with Crippen molar-refractivity contribution in [3.63, 3.8) is 0 Å². The number of carbonyl (C=O) groups excluding carboxylic acids is 2. The van der Waals surface area contributed by atoms with E-state index >= 15 is 0 Å². The number of nitrogens with one attached hydrogen (secondary N) is 1. The fraction of sp³-hybridized carbons (Fsp3) is 0.333. The third kappa shape index (κ3) is 4.27. The van der Waals surface area contributed by atoms with Crippen LogP contribution >= 0.6 is 0 Å². The normalized spacial score (nSPS) is 16.1. The molecule has 152 valence electrons. The number of hydrogen-bond donors (Lipinski definition) is 1. The number of benzene rings is 2. The van der Waals surface area contributed by atoms with Gasteiger partial charge in [-0.2, -0.15) is 0 Å². The standard InChI is InChI=1S/C21H22N2O5S/c24-20(22-17-10-11-17)14-28-21(25)16-6-3-8-18(13-16)29(26,27)23-12-4-7-15-5-1-2-9-19(15)23/h1-3,5-6,8-9,13,17H,4,7,10-12,14H2,(H,22,24). The topological polar surface area (TPSA) is 92.8 Å². The highest BCUT2D eigenvalue weighted by molar-refractivity contribution is 7.92. The van der Waals surface area contributed by atoms with Gasteiger partial charge in [0.25, 0.3) is 15.9 Å². The Bertz CT molecular complexity index is 1050. The molecule has 7 nitrogen and oxygen atoms in total. The molecule has 0 bridgehead atoms. The number of rotatable bonds is 6. The average Bonchev–Trinajstić information content (AvgIpc) is 3.55. The van der Waals surface area contributed by atoms with Crippen molar-refractivity contribution >= 4 is 27.6 Å². The molecule has 8 heteroatoms. The van der Waals surface area contributed by atoms with Gasteiger partial charge in [-0.3, -0.25) is 9.10 Å². The molecule has 0 radical (unpaired) electrons. The number of aryl methyl sites for hydroxylation is 1. The molecule has 0 saturated heterocycles. The molecule has 0 spiro atoms. The van der Waals surface area contributed by atoms with E-state index in [-0.39, 0.29) is 29.0 Å². The summed E-state index contributed by atoms with van der Waals surface area (Å²) in [6.07, 6.45) is 3.45. The Morgan fingerprint density at radius 1 is 1.10 bits per heavy atom. The van der Waals surface area contributed by atoms with Gasteiger partial charge in [-0.15, -0.1) is 0 Å². The molecule has 0 atom stereocenters. The average molecular weight is 414 g/mol. The molecule has 2 aliphatic rings. The minimum atomic E-state index is -3.82. The fourth-order valence-electron chi connectivity index (χ4n) is 3.37. The van der Waals surface area contributed by atoms with E-state index in [0.717, 1.165) is 31.2 Å². The minimum Gasteiger partial charge on any atom is -0.452 e. The first-order valence-electron chi connectivity index (χ1n) is 9.62. The zero-order chi connectivity index (χ0) is 20.4. The number of sulfonamides is 1. The van der Waals surface area contributed by atoms with Gasteiger partial charge in [-0.25, -0.2) is 13.2 Å². The monoisotopic (exact) mass is 414 g/mol. The second-order valence-corrected chi connectivity index (χ2v) is 9.12. The highest BCUT2D eigenvalue weighted by Crippen LogP contribution is 2.32. The number of nitrogens with zero attached hydrogens (tertiary/aromatic N) is 1. The number of fused-ring (bicyclic) bond motifs is 1. The molecule has 2 aromatic rings. The molecule has 1 aliphatic carbocycles. The Morgan fingerprint density at radius 3 is 2.69 bits per heavy atom. The van der Waals surface area contributed by atoms with Crippen LogP contribution in [0.2, 0.25) is 0 Å². The zero-order valence-electron chi connectivity index (χ0n) is 15.8. The summed E-state index contributed by atoms with van der Waals surface area (Å²) in [5, 5.41) is 2.73. The molecule has 1 aliphatic heterocycles. The van der Waals surface area contributed by atoms with Crippen LogP contribution in [0.5, 0.6) is 0 Å². The predicted molar refractivity (Wildman–Crippen MR) is 107 cm³/mol. The van der Waals surface area contributed by atoms with Gasteiger partial charge in [-0.05, 0) is 55.5 Å². The van der Waals surface area contributed by atoms with Gasteiger partial charge >= 0.3 is 5.97 Å². The third-order valence-electron chi connectivity index (χ3n) is 5.00. The Morgan fingerprint density at radius 2 is 1.90 bits per heavy atom. The van der Waals surface area contributed by atoms with E-state index in [4.69, 9.17) is 4.74 Å². The molecule has 1 amide bonds. The van der Waals surface area contributed by atoms with Gasteiger partial charge in [0.05, 0.1) is 16.1 Å². The van der Waals surface area contributed by atoms with Gasteiger partial charge < -0.3 is 10.1 Å². The van der Waals surface area contributed by atoms with Crippen molar-refractivity contribution in [3.05, 3.63) is 59.7 Å². The summed E-state index contributed by atoms with van der Waals surface area (Å²) in [6, 6.07) is 13.4. The molecule has 0 unspecified atom stereocenters. The van der Waals surface area contributed by atoms with Crippen molar-refractivity contribution in [2.45, 2.75) is 36.6 Å². The summed E-state index contributed by atoms with van der Waals surface area (Å²) in [7, 11) is -3.82. The first-order valence-corrected chi connectivity index (χ1v) is 11.1. The second-order valence-electron chi connectivity index (χ2n) is 7.26. The zero-order valence-corrected chi connectivity index (χ0v) is 16.7. The van der Waals surface area contributed by atoms with Crippen LogP contribution < -0.4 is 9.62 Å².